The minimum Gasteiger partial charge on any atom is -0.508 e. The van der Waals surface area contributed by atoms with Gasteiger partial charge in [-0.05, 0) is 58.4 Å². The summed E-state index contributed by atoms with van der Waals surface area (Å²) in [4.78, 5) is 0. The van der Waals surface area contributed by atoms with Gasteiger partial charge in [0.05, 0.1) is 5.41 Å². The predicted octanol–water partition coefficient (Wildman–Crippen LogP) is 6.94. The molecule has 0 spiro atoms. The van der Waals surface area contributed by atoms with E-state index in [-0.39, 0.29) is 11.5 Å². The molecular weight excluding hydrogens is 404 g/mol. The van der Waals surface area contributed by atoms with Crippen LogP contribution in [0.25, 0.3) is 0 Å². The van der Waals surface area contributed by atoms with Crippen LogP contribution in [0.15, 0.2) is 122 Å². The third kappa shape index (κ3) is 4.08. The first-order valence-electron chi connectivity index (χ1n) is 11.1. The highest BCUT2D eigenvalue weighted by atomic mass is 16.3. The smallest absolute Gasteiger partial charge is 0.119 e. The second-order valence-corrected chi connectivity index (χ2v) is 8.15. The molecule has 0 amide bonds. The van der Waals surface area contributed by atoms with Crippen LogP contribution in [0, 0.1) is 0 Å². The van der Waals surface area contributed by atoms with Gasteiger partial charge in [0, 0.05) is 0 Å². The average Bonchev–Trinajstić information content (AvgIpc) is 2.85. The lowest BCUT2D eigenvalue weighted by Crippen LogP contribution is -2.31. The average molecular weight is 433 g/mol. The Balaban J connectivity index is 2.14. The van der Waals surface area contributed by atoms with Crippen molar-refractivity contribution in [3.8, 4) is 11.5 Å². The van der Waals surface area contributed by atoms with E-state index in [9.17, 15) is 10.2 Å². The molecule has 0 unspecified atom stereocenters. The fourth-order valence-electron chi connectivity index (χ4n) is 4.65. The van der Waals surface area contributed by atoms with Crippen molar-refractivity contribution in [2.24, 2.45) is 0 Å². The highest BCUT2D eigenvalue weighted by molar-refractivity contribution is 5.62. The van der Waals surface area contributed by atoms with Gasteiger partial charge in [-0.1, -0.05) is 97.1 Å². The number of benzene rings is 4. The summed E-state index contributed by atoms with van der Waals surface area (Å²) < 4.78 is 0. The Morgan fingerprint density at radius 2 is 0.939 bits per heavy atom. The third-order valence-electron chi connectivity index (χ3n) is 6.17. The molecule has 2 nitrogen and oxygen atoms in total. The van der Waals surface area contributed by atoms with Gasteiger partial charge in [0.2, 0.25) is 0 Å². The molecule has 4 aromatic rings. The number of phenols is 2. The number of phenolic OH excluding ortho intramolecular Hbond substituents is 2. The molecule has 33 heavy (non-hydrogen) atoms. The van der Waals surface area contributed by atoms with Crippen molar-refractivity contribution in [2.75, 3.05) is 0 Å². The summed E-state index contributed by atoms with van der Waals surface area (Å²) in [5.41, 5.74) is 5.25. The number of rotatable bonds is 8. The van der Waals surface area contributed by atoms with E-state index >= 15 is 0 Å². The van der Waals surface area contributed by atoms with Gasteiger partial charge < -0.3 is 10.2 Å². The summed E-state index contributed by atoms with van der Waals surface area (Å²) >= 11 is 0. The van der Waals surface area contributed by atoms with E-state index in [1.807, 2.05) is 48.5 Å². The molecule has 0 aliphatic carbocycles. The molecule has 4 aromatic carbocycles. The maximum Gasteiger partial charge on any atom is 0.119 e. The first-order valence-corrected chi connectivity index (χ1v) is 11.1. The van der Waals surface area contributed by atoms with Crippen LogP contribution >= 0.6 is 0 Å². The lowest BCUT2D eigenvalue weighted by Gasteiger charge is -2.37. The number of allylic oxidation sites excluding steroid dienone is 2. The summed E-state index contributed by atoms with van der Waals surface area (Å²) in [5, 5.41) is 21.0. The molecule has 4 rings (SSSR count). The maximum absolute atomic E-state index is 10.5. The molecule has 2 N–H and O–H groups in total. The van der Waals surface area contributed by atoms with Gasteiger partial charge in [0.25, 0.3) is 0 Å². The lowest BCUT2D eigenvalue weighted by molar-refractivity contribution is 0.469. The number of hydrogen-bond acceptors (Lipinski definition) is 2. The van der Waals surface area contributed by atoms with Gasteiger partial charge in [-0.25, -0.2) is 0 Å². The van der Waals surface area contributed by atoms with E-state index < -0.39 is 5.41 Å². The molecule has 0 heterocycles. The molecular formula is C31H28O2. The minimum absolute atomic E-state index is 0.256. The van der Waals surface area contributed by atoms with Crippen molar-refractivity contribution in [3.63, 3.8) is 0 Å². The van der Waals surface area contributed by atoms with Crippen molar-refractivity contribution < 1.29 is 10.2 Å². The Morgan fingerprint density at radius 3 is 1.30 bits per heavy atom. The van der Waals surface area contributed by atoms with E-state index in [1.165, 1.54) is 0 Å². The molecule has 0 aliphatic heterocycles. The highest BCUT2D eigenvalue weighted by Crippen LogP contribution is 2.46. The molecule has 0 saturated heterocycles. The Morgan fingerprint density at radius 1 is 0.545 bits per heavy atom. The van der Waals surface area contributed by atoms with Gasteiger partial charge >= 0.3 is 0 Å². The Kier molecular flexibility index (Phi) is 6.46. The van der Waals surface area contributed by atoms with Gasteiger partial charge in [-0.15, -0.1) is 13.2 Å². The lowest BCUT2D eigenvalue weighted by atomic mass is 9.64. The van der Waals surface area contributed by atoms with Gasteiger partial charge in [0.15, 0.2) is 0 Å². The molecule has 164 valence electrons. The highest BCUT2D eigenvalue weighted by Gasteiger charge is 2.39. The van der Waals surface area contributed by atoms with E-state index in [2.05, 4.69) is 49.6 Å². The van der Waals surface area contributed by atoms with Crippen LogP contribution in [0.2, 0.25) is 0 Å². The summed E-state index contributed by atoms with van der Waals surface area (Å²) in [6.07, 6.45) is 4.73. The standard InChI is InChI=1S/C31H28O2/c1-3-11-23-21-27(17-19-29(23)32)31(25-13-7-5-8-14-25,26-15-9-6-10-16-26)28-18-20-30(33)24(22-28)12-4-2/h3-10,13-22,32-33H,1-2,11-12H2. The van der Waals surface area contributed by atoms with E-state index in [0.717, 1.165) is 33.4 Å². The van der Waals surface area contributed by atoms with Crippen molar-refractivity contribution in [3.05, 3.63) is 156 Å². The first-order chi connectivity index (χ1) is 16.1. The third-order valence-corrected chi connectivity index (χ3v) is 6.17. The fourth-order valence-corrected chi connectivity index (χ4v) is 4.65. The molecule has 0 bridgehead atoms. The number of aromatic hydroxyl groups is 2. The predicted molar refractivity (Wildman–Crippen MR) is 136 cm³/mol. The van der Waals surface area contributed by atoms with Crippen molar-refractivity contribution in [1.82, 2.24) is 0 Å². The zero-order valence-corrected chi connectivity index (χ0v) is 18.6. The maximum atomic E-state index is 10.5. The van der Waals surface area contributed by atoms with E-state index in [1.54, 1.807) is 24.3 Å². The normalized spacial score (nSPS) is 11.2. The van der Waals surface area contributed by atoms with Crippen molar-refractivity contribution in [2.45, 2.75) is 18.3 Å². The summed E-state index contributed by atoms with van der Waals surface area (Å²) in [6.45, 7) is 7.71. The van der Waals surface area contributed by atoms with E-state index in [0.29, 0.717) is 12.8 Å². The molecule has 0 atom stereocenters. The fraction of sp³-hybridized carbons (Fsp3) is 0.0968. The first kappa shape index (κ1) is 22.2. The second kappa shape index (κ2) is 9.62. The number of hydrogen-bond donors (Lipinski definition) is 2. The molecule has 0 aliphatic rings. The SMILES string of the molecule is C=CCc1cc(C(c2ccccc2)(c2ccccc2)c2ccc(O)c(CC=C)c2)ccc1O. The Labute approximate surface area is 195 Å². The Bertz CT molecular complexity index is 1160. The molecule has 0 saturated carbocycles. The quantitative estimate of drug-likeness (QED) is 0.234. The Hall–Kier alpha value is -4.04. The largest absolute Gasteiger partial charge is 0.508 e. The van der Waals surface area contributed by atoms with E-state index in [4.69, 9.17) is 0 Å². The molecule has 0 fully saturated rings. The second-order valence-electron chi connectivity index (χ2n) is 8.15. The molecule has 2 heteroatoms. The van der Waals surface area contributed by atoms with Crippen LogP contribution < -0.4 is 0 Å². The molecule has 0 aromatic heterocycles. The summed E-state index contributed by atoms with van der Waals surface area (Å²) in [6, 6.07) is 32.4. The van der Waals surface area contributed by atoms with Crippen LogP contribution in [0.5, 0.6) is 11.5 Å². The zero-order chi connectivity index (χ0) is 23.3. The monoisotopic (exact) mass is 432 g/mol. The van der Waals surface area contributed by atoms with Gasteiger partial charge in [-0.2, -0.15) is 0 Å². The van der Waals surface area contributed by atoms with Crippen molar-refractivity contribution in [1.29, 1.82) is 0 Å². The van der Waals surface area contributed by atoms with Crippen molar-refractivity contribution >= 4 is 0 Å². The zero-order valence-electron chi connectivity index (χ0n) is 18.6. The summed E-state index contributed by atoms with van der Waals surface area (Å²) in [5.74, 6) is 0.512. The minimum atomic E-state index is -0.657. The van der Waals surface area contributed by atoms with Gasteiger partial charge in [0.1, 0.15) is 11.5 Å². The van der Waals surface area contributed by atoms with Crippen LogP contribution in [0.1, 0.15) is 33.4 Å². The van der Waals surface area contributed by atoms with Crippen LogP contribution in [0.4, 0.5) is 0 Å². The van der Waals surface area contributed by atoms with Crippen LogP contribution in [-0.4, -0.2) is 10.2 Å². The van der Waals surface area contributed by atoms with Crippen LogP contribution in [-0.2, 0) is 18.3 Å². The summed E-state index contributed by atoms with van der Waals surface area (Å²) in [7, 11) is 0. The molecule has 0 radical (unpaired) electrons. The topological polar surface area (TPSA) is 40.5 Å². The van der Waals surface area contributed by atoms with Gasteiger partial charge in [-0.3, -0.25) is 0 Å². The van der Waals surface area contributed by atoms with Crippen LogP contribution in [0.3, 0.4) is 0 Å².